The number of carbonyl (C=O) groups excluding carboxylic acids is 2. The van der Waals surface area contributed by atoms with E-state index in [1.807, 2.05) is 54.3 Å². The summed E-state index contributed by atoms with van der Waals surface area (Å²) >= 11 is 0. The highest BCUT2D eigenvalue weighted by Gasteiger charge is 2.27. The Morgan fingerprint density at radius 1 is 1.10 bits per heavy atom. The van der Waals surface area contributed by atoms with E-state index in [0.717, 1.165) is 37.1 Å². The molecule has 1 N–H and O–H groups in total. The number of piperidine rings is 1. The van der Waals surface area contributed by atoms with Gasteiger partial charge >= 0.3 is 0 Å². The number of hydrogen-bond donors (Lipinski definition) is 1. The van der Waals surface area contributed by atoms with Crippen LogP contribution in [0.3, 0.4) is 0 Å². The number of hydrogen-bond acceptors (Lipinski definition) is 3. The maximum absolute atomic E-state index is 13.1. The number of amides is 2. The molecule has 1 saturated heterocycles. The molecule has 0 aliphatic carbocycles. The van der Waals surface area contributed by atoms with Gasteiger partial charge in [0.25, 0.3) is 11.8 Å². The zero-order valence-electron chi connectivity index (χ0n) is 16.9. The number of pyridine rings is 1. The van der Waals surface area contributed by atoms with E-state index >= 15 is 0 Å². The fourth-order valence-corrected chi connectivity index (χ4v) is 3.78. The van der Waals surface area contributed by atoms with Gasteiger partial charge in [0.05, 0.1) is 5.52 Å². The highest BCUT2D eigenvalue weighted by atomic mass is 16.2. The number of carbonyl (C=O) groups is 2. The Hall–Kier alpha value is -3.15. The van der Waals surface area contributed by atoms with Crippen molar-refractivity contribution in [3.63, 3.8) is 0 Å². The van der Waals surface area contributed by atoms with Crippen LogP contribution in [-0.2, 0) is 6.54 Å². The van der Waals surface area contributed by atoms with Crippen LogP contribution in [0.2, 0.25) is 0 Å². The minimum atomic E-state index is -0.275. The predicted octanol–water partition coefficient (Wildman–Crippen LogP) is 3.44. The molecule has 0 unspecified atom stereocenters. The number of benzene rings is 1. The van der Waals surface area contributed by atoms with Gasteiger partial charge in [0.1, 0.15) is 0 Å². The summed E-state index contributed by atoms with van der Waals surface area (Å²) in [6.07, 6.45) is 3.79. The van der Waals surface area contributed by atoms with E-state index in [2.05, 4.69) is 17.2 Å². The van der Waals surface area contributed by atoms with Crippen LogP contribution in [0.25, 0.3) is 5.52 Å². The van der Waals surface area contributed by atoms with E-state index in [9.17, 15) is 9.59 Å². The molecule has 1 aliphatic heterocycles. The molecule has 0 radical (unpaired) electrons. The summed E-state index contributed by atoms with van der Waals surface area (Å²) in [5.41, 5.74) is 3.11. The Kier molecular flexibility index (Phi) is 5.34. The third kappa shape index (κ3) is 3.88. The molecule has 0 saturated carbocycles. The van der Waals surface area contributed by atoms with E-state index in [0.29, 0.717) is 23.8 Å². The summed E-state index contributed by atoms with van der Waals surface area (Å²) in [6, 6.07) is 13.5. The van der Waals surface area contributed by atoms with Gasteiger partial charge in [-0.25, -0.2) is 4.98 Å². The second-order valence-corrected chi connectivity index (χ2v) is 7.82. The van der Waals surface area contributed by atoms with Crippen molar-refractivity contribution in [2.24, 2.45) is 5.92 Å². The molecule has 1 aliphatic rings. The molecule has 0 atom stereocenters. The first-order chi connectivity index (χ1) is 14.0. The average Bonchev–Trinajstić information content (AvgIpc) is 3.13. The molecule has 6 heteroatoms. The molecule has 150 valence electrons. The molecular formula is C23H26N4O2. The number of fused-ring (bicyclic) bond motifs is 1. The van der Waals surface area contributed by atoms with Crippen LogP contribution in [0.15, 0.2) is 48.7 Å². The topological polar surface area (TPSA) is 66.7 Å². The van der Waals surface area contributed by atoms with Crippen molar-refractivity contribution in [1.29, 1.82) is 0 Å². The normalized spacial score (nSPS) is 14.9. The second-order valence-electron chi connectivity index (χ2n) is 7.82. The van der Waals surface area contributed by atoms with Gasteiger partial charge in [-0.3, -0.25) is 14.0 Å². The second kappa shape index (κ2) is 8.07. The molecule has 3 heterocycles. The lowest BCUT2D eigenvalue weighted by Crippen LogP contribution is -2.38. The largest absolute Gasteiger partial charge is 0.347 e. The lowest BCUT2D eigenvalue weighted by Gasteiger charge is -2.29. The molecule has 29 heavy (non-hydrogen) atoms. The predicted molar refractivity (Wildman–Crippen MR) is 112 cm³/mol. The highest BCUT2D eigenvalue weighted by Crippen LogP contribution is 2.20. The van der Waals surface area contributed by atoms with Crippen LogP contribution in [0, 0.1) is 12.8 Å². The average molecular weight is 390 g/mol. The van der Waals surface area contributed by atoms with Crippen molar-refractivity contribution in [2.45, 2.75) is 33.2 Å². The maximum atomic E-state index is 13.1. The lowest BCUT2D eigenvalue weighted by molar-refractivity contribution is 0.0684. The van der Waals surface area contributed by atoms with Crippen LogP contribution in [-0.4, -0.2) is 39.2 Å². The number of rotatable bonds is 4. The van der Waals surface area contributed by atoms with Crippen LogP contribution in [0.4, 0.5) is 0 Å². The van der Waals surface area contributed by atoms with Crippen molar-refractivity contribution in [1.82, 2.24) is 19.6 Å². The Bertz CT molecular complexity index is 1050. The molecular weight excluding hydrogens is 364 g/mol. The fourth-order valence-electron chi connectivity index (χ4n) is 3.78. The standard InChI is InChI=1S/C23H26N4O2/c1-16-10-13-26(14-11-16)23(29)21-25-20(19-9-5-6-12-27(19)21)22(28)24-15-18-8-4-3-7-17(18)2/h3-9,12,16H,10-11,13-15H2,1-2H3,(H,24,28). The molecule has 3 aromatic rings. The minimum absolute atomic E-state index is 0.115. The quantitative estimate of drug-likeness (QED) is 0.742. The smallest absolute Gasteiger partial charge is 0.290 e. The number of likely N-dealkylation sites (tertiary alicyclic amines) is 1. The van der Waals surface area contributed by atoms with Crippen LogP contribution in [0.1, 0.15) is 52.0 Å². The number of aryl methyl sites for hydroxylation is 1. The molecule has 1 fully saturated rings. The zero-order valence-corrected chi connectivity index (χ0v) is 16.9. The Balaban J connectivity index is 1.59. The number of aromatic nitrogens is 2. The monoisotopic (exact) mass is 390 g/mol. The van der Waals surface area contributed by atoms with E-state index in [1.54, 1.807) is 10.6 Å². The Morgan fingerprint density at radius 3 is 2.59 bits per heavy atom. The first-order valence-corrected chi connectivity index (χ1v) is 10.1. The minimum Gasteiger partial charge on any atom is -0.347 e. The molecule has 1 aromatic carbocycles. The molecule has 2 amide bonds. The lowest BCUT2D eigenvalue weighted by atomic mass is 9.99. The van der Waals surface area contributed by atoms with E-state index in [-0.39, 0.29) is 17.5 Å². The van der Waals surface area contributed by atoms with Gasteiger partial charge in [-0.05, 0) is 48.9 Å². The first-order valence-electron chi connectivity index (χ1n) is 10.1. The van der Waals surface area contributed by atoms with E-state index in [1.165, 1.54) is 0 Å². The molecule has 2 aromatic heterocycles. The van der Waals surface area contributed by atoms with Gasteiger partial charge in [0.15, 0.2) is 5.69 Å². The van der Waals surface area contributed by atoms with Gasteiger partial charge in [0, 0.05) is 25.8 Å². The number of nitrogens with one attached hydrogen (secondary N) is 1. The van der Waals surface area contributed by atoms with Crippen molar-refractivity contribution in [3.8, 4) is 0 Å². The van der Waals surface area contributed by atoms with Crippen LogP contribution in [0.5, 0.6) is 0 Å². The van der Waals surface area contributed by atoms with Gasteiger partial charge in [0.2, 0.25) is 5.82 Å². The summed E-state index contributed by atoms with van der Waals surface area (Å²) in [7, 11) is 0. The molecule has 0 spiro atoms. The summed E-state index contributed by atoms with van der Waals surface area (Å²) in [5, 5.41) is 2.95. The Labute approximate surface area is 170 Å². The molecule has 4 rings (SSSR count). The fraction of sp³-hybridized carbons (Fsp3) is 0.348. The zero-order chi connectivity index (χ0) is 20.4. The van der Waals surface area contributed by atoms with Crippen molar-refractivity contribution >= 4 is 17.3 Å². The number of nitrogens with zero attached hydrogens (tertiary/aromatic N) is 3. The van der Waals surface area contributed by atoms with Crippen molar-refractivity contribution in [2.75, 3.05) is 13.1 Å². The summed E-state index contributed by atoms with van der Waals surface area (Å²) in [6.45, 7) is 6.12. The van der Waals surface area contributed by atoms with Gasteiger partial charge in [-0.2, -0.15) is 0 Å². The maximum Gasteiger partial charge on any atom is 0.290 e. The van der Waals surface area contributed by atoms with Crippen molar-refractivity contribution < 1.29 is 9.59 Å². The third-order valence-electron chi connectivity index (χ3n) is 5.73. The van der Waals surface area contributed by atoms with E-state index < -0.39 is 0 Å². The summed E-state index contributed by atoms with van der Waals surface area (Å²) < 4.78 is 1.73. The van der Waals surface area contributed by atoms with Crippen LogP contribution < -0.4 is 5.32 Å². The summed E-state index contributed by atoms with van der Waals surface area (Å²) in [5.74, 6) is 0.550. The van der Waals surface area contributed by atoms with Gasteiger partial charge in [-0.15, -0.1) is 0 Å². The van der Waals surface area contributed by atoms with Gasteiger partial charge in [-0.1, -0.05) is 37.3 Å². The summed E-state index contributed by atoms with van der Waals surface area (Å²) in [4.78, 5) is 32.3. The van der Waals surface area contributed by atoms with E-state index in [4.69, 9.17) is 0 Å². The van der Waals surface area contributed by atoms with Crippen molar-refractivity contribution in [3.05, 3.63) is 71.3 Å². The van der Waals surface area contributed by atoms with Crippen LogP contribution >= 0.6 is 0 Å². The SMILES string of the molecule is Cc1ccccc1CNC(=O)c1nc(C(=O)N2CCC(C)CC2)n2ccccc12. The van der Waals surface area contributed by atoms with Gasteiger partial charge < -0.3 is 10.2 Å². The molecule has 6 nitrogen and oxygen atoms in total. The number of imidazole rings is 1. The highest BCUT2D eigenvalue weighted by molar-refractivity contribution is 6.02. The first kappa shape index (κ1) is 19.2. The molecule has 0 bridgehead atoms. The Morgan fingerprint density at radius 2 is 1.83 bits per heavy atom. The third-order valence-corrected chi connectivity index (χ3v) is 5.73.